The second-order valence-corrected chi connectivity index (χ2v) is 5.70. The lowest BCUT2D eigenvalue weighted by molar-refractivity contribution is -0.119. The Labute approximate surface area is 132 Å². The molecular formula is C19H22N2O. The maximum absolute atomic E-state index is 12.6. The quantitative estimate of drug-likeness (QED) is 0.865. The van der Waals surface area contributed by atoms with Gasteiger partial charge in [0.25, 0.3) is 0 Å². The van der Waals surface area contributed by atoms with Crippen LogP contribution in [0.25, 0.3) is 0 Å². The van der Waals surface area contributed by atoms with E-state index < -0.39 is 0 Å². The number of fused-ring (bicyclic) bond motifs is 1. The van der Waals surface area contributed by atoms with Crippen LogP contribution >= 0.6 is 0 Å². The Kier molecular flexibility index (Phi) is 4.54. The number of anilines is 1. The van der Waals surface area contributed by atoms with Crippen LogP contribution in [-0.2, 0) is 17.8 Å². The maximum atomic E-state index is 12.6. The van der Waals surface area contributed by atoms with Crippen LogP contribution in [0.15, 0.2) is 54.6 Å². The van der Waals surface area contributed by atoms with Gasteiger partial charge in [-0.1, -0.05) is 42.5 Å². The minimum Gasteiger partial charge on any atom is -0.312 e. The average Bonchev–Trinajstić information content (AvgIpc) is 2.56. The molecule has 1 aliphatic rings. The van der Waals surface area contributed by atoms with Crippen molar-refractivity contribution in [3.05, 3.63) is 65.7 Å². The minimum absolute atomic E-state index is 0.174. The zero-order valence-electron chi connectivity index (χ0n) is 13.0. The first-order chi connectivity index (χ1) is 10.8. The van der Waals surface area contributed by atoms with E-state index in [0.717, 1.165) is 25.2 Å². The summed E-state index contributed by atoms with van der Waals surface area (Å²) in [6, 6.07) is 18.4. The van der Waals surface area contributed by atoms with E-state index in [9.17, 15) is 4.79 Å². The van der Waals surface area contributed by atoms with Gasteiger partial charge in [0.1, 0.15) is 0 Å². The number of likely N-dealkylation sites (N-methyl/N-ethyl adjacent to an activating group) is 1. The Morgan fingerprint density at radius 1 is 1.05 bits per heavy atom. The van der Waals surface area contributed by atoms with Gasteiger partial charge in [0.2, 0.25) is 5.91 Å². The van der Waals surface area contributed by atoms with E-state index in [-0.39, 0.29) is 5.91 Å². The number of nitrogens with zero attached hydrogens (tertiary/aromatic N) is 2. The lowest BCUT2D eigenvalue weighted by Gasteiger charge is -2.30. The molecule has 22 heavy (non-hydrogen) atoms. The smallest absolute Gasteiger partial charge is 0.241 e. The number of hydrogen-bond acceptors (Lipinski definition) is 2. The van der Waals surface area contributed by atoms with Crippen LogP contribution in [0.4, 0.5) is 5.69 Å². The van der Waals surface area contributed by atoms with Crippen molar-refractivity contribution in [3.8, 4) is 0 Å². The van der Waals surface area contributed by atoms with Gasteiger partial charge >= 0.3 is 0 Å². The van der Waals surface area contributed by atoms with Crippen LogP contribution in [0.1, 0.15) is 18.1 Å². The van der Waals surface area contributed by atoms with Gasteiger partial charge in [0, 0.05) is 25.3 Å². The molecule has 0 spiro atoms. The Hall–Kier alpha value is -2.13. The van der Waals surface area contributed by atoms with Gasteiger partial charge in [-0.05, 0) is 36.6 Å². The van der Waals surface area contributed by atoms with E-state index in [0.29, 0.717) is 13.1 Å². The molecule has 3 rings (SSSR count). The monoisotopic (exact) mass is 294 g/mol. The van der Waals surface area contributed by atoms with Crippen molar-refractivity contribution >= 4 is 11.6 Å². The first-order valence-electron chi connectivity index (χ1n) is 7.92. The zero-order valence-corrected chi connectivity index (χ0v) is 13.0. The second kappa shape index (κ2) is 6.75. The van der Waals surface area contributed by atoms with Crippen molar-refractivity contribution in [2.24, 2.45) is 0 Å². The van der Waals surface area contributed by atoms with Gasteiger partial charge in [0.15, 0.2) is 0 Å². The van der Waals surface area contributed by atoms with Crippen LogP contribution < -0.4 is 4.90 Å². The molecule has 0 N–H and O–H groups in total. The van der Waals surface area contributed by atoms with Crippen LogP contribution in [0.2, 0.25) is 0 Å². The van der Waals surface area contributed by atoms with Crippen LogP contribution in [-0.4, -0.2) is 30.4 Å². The van der Waals surface area contributed by atoms with E-state index in [1.165, 1.54) is 11.1 Å². The summed E-state index contributed by atoms with van der Waals surface area (Å²) in [7, 11) is 0. The van der Waals surface area contributed by atoms with E-state index in [1.54, 1.807) is 0 Å². The topological polar surface area (TPSA) is 23.6 Å². The molecule has 1 aliphatic heterocycles. The number of hydrogen-bond donors (Lipinski definition) is 0. The lowest BCUT2D eigenvalue weighted by Crippen LogP contribution is -2.42. The molecule has 0 bridgehead atoms. The summed E-state index contributed by atoms with van der Waals surface area (Å²) >= 11 is 0. The summed E-state index contributed by atoms with van der Waals surface area (Å²) in [6.45, 7) is 5.03. The number of para-hydroxylation sites is 1. The molecule has 2 aromatic carbocycles. The molecule has 1 amide bonds. The fourth-order valence-corrected chi connectivity index (χ4v) is 3.08. The van der Waals surface area contributed by atoms with Crippen LogP contribution in [0, 0.1) is 0 Å². The van der Waals surface area contributed by atoms with Gasteiger partial charge < -0.3 is 4.90 Å². The molecule has 0 unspecified atom stereocenters. The highest BCUT2D eigenvalue weighted by molar-refractivity contribution is 5.94. The Morgan fingerprint density at radius 3 is 2.45 bits per heavy atom. The van der Waals surface area contributed by atoms with Crippen molar-refractivity contribution in [1.29, 1.82) is 0 Å². The molecule has 0 fully saturated rings. The highest BCUT2D eigenvalue weighted by atomic mass is 16.2. The first-order valence-corrected chi connectivity index (χ1v) is 7.92. The van der Waals surface area contributed by atoms with Gasteiger partial charge in [0.05, 0.1) is 6.54 Å². The van der Waals surface area contributed by atoms with Crippen LogP contribution in [0.5, 0.6) is 0 Å². The van der Waals surface area contributed by atoms with E-state index in [2.05, 4.69) is 29.2 Å². The van der Waals surface area contributed by atoms with Gasteiger partial charge in [-0.15, -0.1) is 0 Å². The predicted octanol–water partition coefficient (Wildman–Crippen LogP) is 3.10. The molecule has 0 aromatic heterocycles. The van der Waals surface area contributed by atoms with Gasteiger partial charge in [-0.2, -0.15) is 0 Å². The Balaban J connectivity index is 1.67. The summed E-state index contributed by atoms with van der Waals surface area (Å²) < 4.78 is 0. The molecule has 0 saturated heterocycles. The maximum Gasteiger partial charge on any atom is 0.241 e. The molecule has 3 nitrogen and oxygen atoms in total. The predicted molar refractivity (Wildman–Crippen MR) is 89.9 cm³/mol. The summed E-state index contributed by atoms with van der Waals surface area (Å²) in [5, 5.41) is 0. The third kappa shape index (κ3) is 3.20. The first kappa shape index (κ1) is 14.8. The lowest BCUT2D eigenvalue weighted by atomic mass is 10.00. The molecule has 0 saturated carbocycles. The van der Waals surface area contributed by atoms with Crippen molar-refractivity contribution < 1.29 is 4.79 Å². The molecule has 0 atom stereocenters. The molecule has 0 aliphatic carbocycles. The highest BCUT2D eigenvalue weighted by Gasteiger charge is 2.21. The van der Waals surface area contributed by atoms with E-state index in [1.807, 2.05) is 42.2 Å². The fourth-order valence-electron chi connectivity index (χ4n) is 3.08. The van der Waals surface area contributed by atoms with Crippen molar-refractivity contribution in [1.82, 2.24) is 4.90 Å². The molecule has 2 aromatic rings. The van der Waals surface area contributed by atoms with E-state index in [4.69, 9.17) is 0 Å². The van der Waals surface area contributed by atoms with Gasteiger partial charge in [-0.25, -0.2) is 0 Å². The number of rotatable bonds is 4. The Morgan fingerprint density at radius 2 is 1.73 bits per heavy atom. The van der Waals surface area contributed by atoms with Crippen molar-refractivity contribution in [2.45, 2.75) is 19.9 Å². The molecular weight excluding hydrogens is 272 g/mol. The highest BCUT2D eigenvalue weighted by Crippen LogP contribution is 2.19. The SMILES string of the molecule is CCN(C(=O)CN1CCc2ccccc2C1)c1ccccc1. The molecule has 3 heteroatoms. The van der Waals surface area contributed by atoms with Crippen molar-refractivity contribution in [2.75, 3.05) is 24.5 Å². The fraction of sp³-hybridized carbons (Fsp3) is 0.316. The number of carbonyl (C=O) groups excluding carboxylic acids is 1. The standard InChI is InChI=1S/C19H22N2O/c1-2-21(18-10-4-3-5-11-18)19(22)15-20-13-12-16-8-6-7-9-17(16)14-20/h3-11H,2,12-15H2,1H3. The normalized spacial score (nSPS) is 14.4. The zero-order chi connectivity index (χ0) is 15.4. The average molecular weight is 294 g/mol. The number of amides is 1. The molecule has 114 valence electrons. The van der Waals surface area contributed by atoms with Gasteiger partial charge in [-0.3, -0.25) is 9.69 Å². The van der Waals surface area contributed by atoms with E-state index >= 15 is 0 Å². The molecule has 1 heterocycles. The minimum atomic E-state index is 0.174. The van der Waals surface area contributed by atoms with Crippen LogP contribution in [0.3, 0.4) is 0 Å². The third-order valence-electron chi connectivity index (χ3n) is 4.25. The largest absolute Gasteiger partial charge is 0.312 e. The molecule has 0 radical (unpaired) electrons. The number of carbonyl (C=O) groups is 1. The second-order valence-electron chi connectivity index (χ2n) is 5.70. The summed E-state index contributed by atoms with van der Waals surface area (Å²) in [4.78, 5) is 16.7. The number of benzene rings is 2. The summed E-state index contributed by atoms with van der Waals surface area (Å²) in [5.41, 5.74) is 3.75. The summed E-state index contributed by atoms with van der Waals surface area (Å²) in [5.74, 6) is 0.174. The summed E-state index contributed by atoms with van der Waals surface area (Å²) in [6.07, 6.45) is 1.03. The van der Waals surface area contributed by atoms with Crippen molar-refractivity contribution in [3.63, 3.8) is 0 Å². The Bertz CT molecular complexity index is 639. The third-order valence-corrected chi connectivity index (χ3v) is 4.25.